The molecule has 0 bridgehead atoms. The molecule has 0 aliphatic heterocycles. The van der Waals surface area contributed by atoms with Crippen LogP contribution >= 0.6 is 47.8 Å². The highest BCUT2D eigenvalue weighted by Crippen LogP contribution is 2.40. The van der Waals surface area contributed by atoms with Gasteiger partial charge in [0.15, 0.2) is 0 Å². The maximum atomic E-state index is 5.62. The van der Waals surface area contributed by atoms with E-state index in [0.717, 1.165) is 30.1 Å². The fourth-order valence-electron chi connectivity index (χ4n) is 1.95. The average molecular weight is 525 g/mol. The van der Waals surface area contributed by atoms with Crippen molar-refractivity contribution < 1.29 is 14.2 Å². The van der Waals surface area contributed by atoms with Gasteiger partial charge in [-0.15, -0.1) is 19.7 Å². The van der Waals surface area contributed by atoms with Crippen molar-refractivity contribution in [3.05, 3.63) is 68.1 Å². The van der Waals surface area contributed by atoms with Crippen LogP contribution in [0.1, 0.15) is 16.7 Å². The molecule has 3 nitrogen and oxygen atoms in total. The van der Waals surface area contributed by atoms with Crippen molar-refractivity contribution in [2.75, 3.05) is 19.8 Å². The minimum absolute atomic E-state index is 0.448. The largest absolute Gasteiger partial charge is 0.373 e. The Labute approximate surface area is 169 Å². The topological polar surface area (TPSA) is 27.7 Å². The van der Waals surface area contributed by atoms with Gasteiger partial charge in [0.05, 0.1) is 39.6 Å². The number of hydrogen-bond donors (Lipinski definition) is 0. The molecule has 0 heterocycles. The van der Waals surface area contributed by atoms with Crippen LogP contribution in [0.2, 0.25) is 0 Å². The number of ether oxygens (including phenoxy) is 3. The summed E-state index contributed by atoms with van der Waals surface area (Å²) in [4.78, 5) is 0. The number of benzene rings is 1. The van der Waals surface area contributed by atoms with E-state index >= 15 is 0 Å². The summed E-state index contributed by atoms with van der Waals surface area (Å²) in [6.07, 6.45) is 5.18. The lowest BCUT2D eigenvalue weighted by molar-refractivity contribution is 0.138. The Balaban J connectivity index is 3.20. The van der Waals surface area contributed by atoms with E-state index in [2.05, 4.69) is 67.5 Å². The summed E-state index contributed by atoms with van der Waals surface area (Å²) in [7, 11) is 0. The Morgan fingerprint density at radius 1 is 0.583 bits per heavy atom. The Hall–Kier alpha value is -0.240. The maximum absolute atomic E-state index is 5.62. The molecule has 1 aromatic carbocycles. The first kappa shape index (κ1) is 21.8. The fraction of sp³-hybridized carbons (Fsp3) is 0.333. The van der Waals surface area contributed by atoms with E-state index in [1.807, 2.05) is 0 Å². The summed E-state index contributed by atoms with van der Waals surface area (Å²) in [6, 6.07) is 0. The molecule has 0 spiro atoms. The molecule has 0 unspecified atom stereocenters. The minimum atomic E-state index is 0.448. The fourth-order valence-corrected chi connectivity index (χ4v) is 4.62. The van der Waals surface area contributed by atoms with Gasteiger partial charge >= 0.3 is 0 Å². The lowest BCUT2D eigenvalue weighted by Gasteiger charge is -2.19. The molecule has 6 heteroatoms. The van der Waals surface area contributed by atoms with Crippen molar-refractivity contribution in [1.29, 1.82) is 0 Å². The monoisotopic (exact) mass is 522 g/mol. The maximum Gasteiger partial charge on any atom is 0.0743 e. The second-order valence-corrected chi connectivity index (χ2v) is 7.17. The minimum Gasteiger partial charge on any atom is -0.373 e. The SMILES string of the molecule is C=CCOCc1c(Br)c(COCC=C)c(Br)c(COCC=C)c1Br. The van der Waals surface area contributed by atoms with E-state index in [9.17, 15) is 0 Å². The third kappa shape index (κ3) is 6.24. The first-order valence-electron chi connectivity index (χ1n) is 7.31. The van der Waals surface area contributed by atoms with Crippen molar-refractivity contribution in [1.82, 2.24) is 0 Å². The molecule has 0 aliphatic rings. The molecule has 0 atom stereocenters. The van der Waals surface area contributed by atoms with Gasteiger partial charge in [-0.1, -0.05) is 18.2 Å². The van der Waals surface area contributed by atoms with Crippen molar-refractivity contribution in [3.63, 3.8) is 0 Å². The van der Waals surface area contributed by atoms with Gasteiger partial charge in [0.2, 0.25) is 0 Å². The molecule has 24 heavy (non-hydrogen) atoms. The van der Waals surface area contributed by atoms with Gasteiger partial charge in [-0.25, -0.2) is 0 Å². The van der Waals surface area contributed by atoms with Crippen LogP contribution < -0.4 is 0 Å². The van der Waals surface area contributed by atoms with Crippen molar-refractivity contribution in [2.45, 2.75) is 19.8 Å². The van der Waals surface area contributed by atoms with Crippen LogP contribution in [0.5, 0.6) is 0 Å². The van der Waals surface area contributed by atoms with Gasteiger partial charge in [-0.05, 0) is 47.8 Å². The molecular weight excluding hydrogens is 504 g/mol. The van der Waals surface area contributed by atoms with Crippen molar-refractivity contribution >= 4 is 47.8 Å². The summed E-state index contributed by atoms with van der Waals surface area (Å²) in [6.45, 7) is 13.8. The predicted molar refractivity (Wildman–Crippen MR) is 109 cm³/mol. The normalized spacial score (nSPS) is 10.6. The number of halogens is 3. The molecule has 0 aromatic heterocycles. The second kappa shape index (κ2) is 12.2. The van der Waals surface area contributed by atoms with Gasteiger partial charge in [0.25, 0.3) is 0 Å². The van der Waals surface area contributed by atoms with E-state index in [4.69, 9.17) is 14.2 Å². The van der Waals surface area contributed by atoms with Crippen LogP contribution in [0.3, 0.4) is 0 Å². The quantitative estimate of drug-likeness (QED) is 0.245. The molecule has 1 aromatic rings. The zero-order valence-electron chi connectivity index (χ0n) is 13.5. The lowest BCUT2D eigenvalue weighted by Crippen LogP contribution is -2.07. The molecular formula is C18H21Br3O3. The summed E-state index contributed by atoms with van der Waals surface area (Å²) in [5.74, 6) is 0. The molecule has 0 amide bonds. The van der Waals surface area contributed by atoms with E-state index in [-0.39, 0.29) is 0 Å². The molecule has 0 N–H and O–H groups in total. The standard InChI is InChI=1S/C18H21Br3O3/c1-4-7-22-10-13-16(19)14(11-23-8-5-2)18(21)15(17(13)20)12-24-9-6-3/h4-6H,1-3,7-12H2. The lowest BCUT2D eigenvalue weighted by atomic mass is 10.1. The Kier molecular flexibility index (Phi) is 11.1. The first-order valence-corrected chi connectivity index (χ1v) is 9.69. The van der Waals surface area contributed by atoms with Gasteiger partial charge in [0, 0.05) is 30.1 Å². The molecule has 0 saturated heterocycles. The van der Waals surface area contributed by atoms with E-state index in [1.165, 1.54) is 0 Å². The Morgan fingerprint density at radius 2 is 0.833 bits per heavy atom. The summed E-state index contributed by atoms with van der Waals surface area (Å²) in [5.41, 5.74) is 3.03. The van der Waals surface area contributed by atoms with Crippen LogP contribution in [0.4, 0.5) is 0 Å². The molecule has 0 saturated carbocycles. The predicted octanol–water partition coefficient (Wildman–Crippen LogP) is 6.08. The molecule has 1 rings (SSSR count). The highest BCUT2D eigenvalue weighted by molar-refractivity contribution is 9.11. The highest BCUT2D eigenvalue weighted by atomic mass is 79.9. The zero-order valence-corrected chi connectivity index (χ0v) is 18.2. The van der Waals surface area contributed by atoms with Gasteiger partial charge in [-0.3, -0.25) is 0 Å². The summed E-state index contributed by atoms with van der Waals surface area (Å²) >= 11 is 11.0. The van der Waals surface area contributed by atoms with Crippen molar-refractivity contribution in [3.8, 4) is 0 Å². The number of hydrogen-bond acceptors (Lipinski definition) is 3. The van der Waals surface area contributed by atoms with Gasteiger partial charge in [0.1, 0.15) is 0 Å². The first-order chi connectivity index (χ1) is 11.6. The third-order valence-corrected chi connectivity index (χ3v) is 5.91. The van der Waals surface area contributed by atoms with Crippen molar-refractivity contribution in [2.24, 2.45) is 0 Å². The second-order valence-electron chi connectivity index (χ2n) is 4.79. The van der Waals surface area contributed by atoms with E-state index in [1.54, 1.807) is 18.2 Å². The van der Waals surface area contributed by atoms with Crippen LogP contribution in [-0.4, -0.2) is 19.8 Å². The molecule has 0 radical (unpaired) electrons. The van der Waals surface area contributed by atoms with Gasteiger partial charge in [-0.2, -0.15) is 0 Å². The Bertz CT molecular complexity index is 483. The Morgan fingerprint density at radius 3 is 1.04 bits per heavy atom. The van der Waals surface area contributed by atoms with Crippen LogP contribution in [0.25, 0.3) is 0 Å². The molecule has 132 valence electrons. The smallest absolute Gasteiger partial charge is 0.0743 e. The highest BCUT2D eigenvalue weighted by Gasteiger charge is 2.20. The third-order valence-electron chi connectivity index (χ3n) is 3.04. The molecule has 0 fully saturated rings. The number of rotatable bonds is 12. The van der Waals surface area contributed by atoms with Crippen LogP contribution in [0.15, 0.2) is 51.4 Å². The zero-order chi connectivity index (χ0) is 17.9. The molecule has 0 aliphatic carbocycles. The summed E-state index contributed by atoms with van der Waals surface area (Å²) in [5, 5.41) is 0. The van der Waals surface area contributed by atoms with Crippen LogP contribution in [0, 0.1) is 0 Å². The summed E-state index contributed by atoms with van der Waals surface area (Å²) < 4.78 is 19.7. The van der Waals surface area contributed by atoms with E-state index in [0.29, 0.717) is 39.6 Å². The van der Waals surface area contributed by atoms with Crippen LogP contribution in [-0.2, 0) is 34.0 Å². The van der Waals surface area contributed by atoms with E-state index < -0.39 is 0 Å². The van der Waals surface area contributed by atoms with Gasteiger partial charge < -0.3 is 14.2 Å². The average Bonchev–Trinajstić information content (AvgIpc) is 2.57.